The normalized spacial score (nSPS) is 23.7. The number of carbonyl (C=O) groups is 9. The van der Waals surface area contributed by atoms with Gasteiger partial charge in [-0.15, -0.1) is 0 Å². The Hall–Kier alpha value is -8.01. The van der Waals surface area contributed by atoms with Crippen molar-refractivity contribution in [1.82, 2.24) is 29.8 Å². The van der Waals surface area contributed by atoms with Crippen molar-refractivity contribution in [1.29, 1.82) is 0 Å². The predicted molar refractivity (Wildman–Crippen MR) is 307 cm³/mol. The number of nitrogens with zero attached hydrogens (tertiary/aromatic N) is 5. The van der Waals surface area contributed by atoms with E-state index >= 15 is 0 Å². The third-order valence-corrected chi connectivity index (χ3v) is 15.4. The number of methoxy groups -OCH3 is 2. The van der Waals surface area contributed by atoms with Crippen molar-refractivity contribution in [3.05, 3.63) is 95.6 Å². The third kappa shape index (κ3) is 16.4. The van der Waals surface area contributed by atoms with Gasteiger partial charge >= 0.3 is 11.9 Å². The molecule has 2 bridgehead atoms. The second-order valence-electron chi connectivity index (χ2n) is 23.0. The number of piperidine rings is 1. The fourth-order valence-electron chi connectivity index (χ4n) is 10.1. The number of amides is 6. The number of ketones is 1. The summed E-state index contributed by atoms with van der Waals surface area (Å²) in [6.45, 7) is 8.98. The molecule has 84 heavy (non-hydrogen) atoms. The minimum atomic E-state index is -1.52. The van der Waals surface area contributed by atoms with E-state index in [0.29, 0.717) is 48.1 Å². The largest absolute Gasteiger partial charge is 0.504 e. The molecular weight excluding hydrogens is 1080 g/mol. The van der Waals surface area contributed by atoms with Crippen molar-refractivity contribution >= 4 is 53.2 Å². The van der Waals surface area contributed by atoms with E-state index in [9.17, 15) is 48.3 Å². The highest BCUT2D eigenvalue weighted by Gasteiger charge is 2.45. The predicted octanol–water partition coefficient (Wildman–Crippen LogP) is 5.28. The van der Waals surface area contributed by atoms with Crippen LogP contribution < -0.4 is 19.5 Å². The van der Waals surface area contributed by atoms with E-state index in [4.69, 9.17) is 28.4 Å². The van der Waals surface area contributed by atoms with Gasteiger partial charge in [0.2, 0.25) is 35.2 Å². The van der Waals surface area contributed by atoms with E-state index < -0.39 is 108 Å². The first-order valence-electron chi connectivity index (χ1n) is 28.4. The molecule has 6 rings (SSSR count). The lowest BCUT2D eigenvalue weighted by Crippen LogP contribution is -2.58. The lowest BCUT2D eigenvalue weighted by atomic mass is 9.87. The van der Waals surface area contributed by atoms with Gasteiger partial charge in [-0.3, -0.25) is 33.6 Å². The lowest BCUT2D eigenvalue weighted by Gasteiger charge is -2.37. The minimum absolute atomic E-state index is 0.0707. The van der Waals surface area contributed by atoms with E-state index in [1.165, 1.54) is 79.7 Å². The molecule has 1 unspecified atom stereocenters. The molecule has 0 saturated carbocycles. The summed E-state index contributed by atoms with van der Waals surface area (Å²) in [4.78, 5) is 134. The molecule has 22 nitrogen and oxygen atoms in total. The van der Waals surface area contributed by atoms with Crippen molar-refractivity contribution in [2.75, 3.05) is 74.8 Å². The Morgan fingerprint density at radius 3 is 2.13 bits per heavy atom. The molecule has 0 radical (unpaired) electrons. The summed E-state index contributed by atoms with van der Waals surface area (Å²) in [5.74, 6) is -5.92. The van der Waals surface area contributed by atoms with Gasteiger partial charge < -0.3 is 63.3 Å². The first kappa shape index (κ1) is 65.1. The summed E-state index contributed by atoms with van der Waals surface area (Å²) in [6.07, 6.45) is 4.12. The molecule has 3 aromatic carbocycles. The second-order valence-corrected chi connectivity index (χ2v) is 23.0. The number of phenols is 1. The molecule has 0 spiro atoms. The number of likely N-dealkylation sites (N-methyl/N-ethyl adjacent to an activating group) is 3. The van der Waals surface area contributed by atoms with Gasteiger partial charge in [0.1, 0.15) is 48.7 Å². The average molecular weight is 1170 g/mol. The molecule has 0 aromatic heterocycles. The first-order chi connectivity index (χ1) is 39.8. The molecular formula is C62H82N6O16. The van der Waals surface area contributed by atoms with Crippen molar-refractivity contribution in [3.63, 3.8) is 0 Å². The molecule has 6 amide bonds. The van der Waals surface area contributed by atoms with Crippen molar-refractivity contribution in [2.45, 2.75) is 135 Å². The number of carbonyl (C=O) groups excluding carboxylic acids is 9. The maximum Gasteiger partial charge on any atom is 0.330 e. The number of benzene rings is 3. The van der Waals surface area contributed by atoms with Gasteiger partial charge in [0.05, 0.1) is 31.8 Å². The fraction of sp³-hybridized carbons (Fsp3) is 0.532. The van der Waals surface area contributed by atoms with Gasteiger partial charge in [-0.05, 0) is 128 Å². The molecule has 3 heterocycles. The van der Waals surface area contributed by atoms with Gasteiger partial charge in [0.15, 0.2) is 18.1 Å². The van der Waals surface area contributed by atoms with Crippen LogP contribution in [0.15, 0.2) is 78.9 Å². The molecule has 6 atom stereocenters. The second kappa shape index (κ2) is 29.0. The molecule has 2 N–H and O–H groups in total. The number of ether oxygens (including phenoxy) is 6. The summed E-state index contributed by atoms with van der Waals surface area (Å²) >= 11 is 0. The zero-order chi connectivity index (χ0) is 61.6. The molecule has 3 aliphatic rings. The number of Topliss-reactive ketones (excluding diaryl/α,β-unsaturated/α-hetero) is 1. The zero-order valence-corrected chi connectivity index (χ0v) is 50.2. The Morgan fingerprint density at radius 2 is 1.44 bits per heavy atom. The number of cyclic esters (lactones) is 2. The number of aromatic hydroxyl groups is 1. The Morgan fingerprint density at radius 1 is 0.750 bits per heavy atom. The number of hydrogen-bond donors (Lipinski definition) is 2. The summed E-state index contributed by atoms with van der Waals surface area (Å²) in [6, 6.07) is 12.4. The van der Waals surface area contributed by atoms with E-state index in [1.807, 2.05) is 0 Å². The van der Waals surface area contributed by atoms with Crippen LogP contribution in [0, 0.1) is 5.41 Å². The van der Waals surface area contributed by atoms with Crippen LogP contribution in [0.5, 0.6) is 23.0 Å². The maximum atomic E-state index is 14.9. The minimum Gasteiger partial charge on any atom is -0.504 e. The molecule has 0 aliphatic carbocycles. The molecule has 456 valence electrons. The lowest BCUT2D eigenvalue weighted by molar-refractivity contribution is -0.165. The molecule has 22 heteroatoms. The van der Waals surface area contributed by atoms with Crippen LogP contribution in [0.2, 0.25) is 0 Å². The van der Waals surface area contributed by atoms with Crippen LogP contribution in [0.3, 0.4) is 0 Å². The van der Waals surface area contributed by atoms with E-state index in [2.05, 4.69) is 5.32 Å². The van der Waals surface area contributed by atoms with E-state index in [0.717, 1.165) is 6.08 Å². The molecule has 3 aromatic rings. The monoisotopic (exact) mass is 1170 g/mol. The third-order valence-electron chi connectivity index (χ3n) is 15.4. The highest BCUT2D eigenvalue weighted by atomic mass is 16.5. The van der Waals surface area contributed by atoms with Crippen molar-refractivity contribution in [3.8, 4) is 23.0 Å². The SMILES string of the molecule is COc1ccc(CC[C@H]2OC(=O)[C@@H]3CCCCN3C(=O)C(=O)C(C)(C)COC(=O)C=CCCN(C)C(=O)[C@@H]3CCCN3C(=O)[C@H](COC(C)(C)C)N(C)C(=O)C(c3ccccc3)NC(=O)[C@H](C)N(C)C(=O)COc3cccc2c3)c(O)c1OC. The summed E-state index contributed by atoms with van der Waals surface area (Å²) in [5.41, 5.74) is -1.02. The molecule has 2 fully saturated rings. The van der Waals surface area contributed by atoms with Gasteiger partial charge in [0.25, 0.3) is 11.8 Å². The molecule has 3 aliphatic heterocycles. The maximum absolute atomic E-state index is 14.9. The zero-order valence-electron chi connectivity index (χ0n) is 50.2. The first-order valence-corrected chi connectivity index (χ1v) is 28.4. The average Bonchev–Trinajstić information content (AvgIpc) is 3.48. The standard InChI is InChI=1S/C62H82N6O16/c1-39-55(73)63-51(40-21-13-12-14-22-40)58(76)66(9)46(36-83-61(2,3)4)57(75)67-34-20-26-44(67)56(74)64(7)32-17-16-27-50(70)82-38-62(5,6)54(72)59(77)68-33-18-15-25-45(68)60(78)84-47(30-28-41-29-31-48(79-10)53(80-11)52(41)71)42-23-19-24-43(35-42)81-37-49(69)65(39)8/h12-14,16,19,21-24,27,29,31,35,39,44-47,51,71H,15,17-18,20,25-26,28,30,32-34,36-38H2,1-11H3,(H,63,73)/t39-,44-,45-,46-,47+,51?/m0/s1. The van der Waals surface area contributed by atoms with E-state index in [-0.39, 0.29) is 75.1 Å². The number of hydrogen-bond acceptors (Lipinski definition) is 16. The van der Waals surface area contributed by atoms with Gasteiger partial charge in [0, 0.05) is 46.9 Å². The van der Waals surface area contributed by atoms with Crippen LogP contribution in [0.4, 0.5) is 0 Å². The van der Waals surface area contributed by atoms with Crippen LogP contribution in [0.25, 0.3) is 0 Å². The number of phenolic OH excluding ortho intramolecular Hbond substituents is 1. The number of fused-ring (bicyclic) bond motifs is 4. The highest BCUT2D eigenvalue weighted by molar-refractivity contribution is 6.38. The topological polar surface area (TPSA) is 257 Å². The van der Waals surface area contributed by atoms with Crippen LogP contribution >= 0.6 is 0 Å². The summed E-state index contributed by atoms with van der Waals surface area (Å²) in [7, 11) is 7.24. The number of nitrogens with one attached hydrogen (secondary N) is 1. The fourth-order valence-corrected chi connectivity index (χ4v) is 10.1. The highest BCUT2D eigenvalue weighted by Crippen LogP contribution is 2.41. The number of esters is 2. The number of aryl methyl sites for hydroxylation is 1. The van der Waals surface area contributed by atoms with Crippen LogP contribution in [-0.2, 0) is 63.8 Å². The van der Waals surface area contributed by atoms with E-state index in [1.54, 1.807) is 94.5 Å². The van der Waals surface area contributed by atoms with Gasteiger partial charge in [-0.25, -0.2) is 9.59 Å². The molecule has 2 saturated heterocycles. The van der Waals surface area contributed by atoms with Gasteiger partial charge in [-0.2, -0.15) is 0 Å². The van der Waals surface area contributed by atoms with Crippen molar-refractivity contribution in [2.24, 2.45) is 5.41 Å². The quantitative estimate of drug-likeness (QED) is 0.215. The Balaban J connectivity index is 1.33. The summed E-state index contributed by atoms with van der Waals surface area (Å²) in [5, 5.41) is 14.0. The Bertz CT molecular complexity index is 2910. The Kier molecular flexibility index (Phi) is 22.5. The van der Waals surface area contributed by atoms with Crippen LogP contribution in [-0.4, -0.2) is 187 Å². The Labute approximate surface area is 491 Å². The smallest absolute Gasteiger partial charge is 0.330 e. The van der Waals surface area contributed by atoms with Crippen molar-refractivity contribution < 1.29 is 76.7 Å². The van der Waals surface area contributed by atoms with Crippen LogP contribution in [0.1, 0.15) is 115 Å². The number of rotatable bonds is 8. The van der Waals surface area contributed by atoms with Gasteiger partial charge in [-0.1, -0.05) is 54.6 Å². The summed E-state index contributed by atoms with van der Waals surface area (Å²) < 4.78 is 34.7.